The number of pyridine rings is 1. The average Bonchev–Trinajstić information content (AvgIpc) is 2.67. The highest BCUT2D eigenvalue weighted by molar-refractivity contribution is 7.89. The van der Waals surface area contributed by atoms with Crippen molar-refractivity contribution in [3.63, 3.8) is 0 Å². The fraction of sp³-hybridized carbons (Fsp3) is 0.133. The number of nitrogens with one attached hydrogen (secondary N) is 2. The number of hydrazine groups is 1. The highest BCUT2D eigenvalue weighted by Gasteiger charge is 2.20. The Bertz CT molecular complexity index is 1060. The normalized spacial score (nSPS) is 11.0. The molecule has 1 aromatic carbocycles. The van der Waals surface area contributed by atoms with Gasteiger partial charge in [0.15, 0.2) is 11.8 Å². The number of amides is 1. The van der Waals surface area contributed by atoms with Gasteiger partial charge in [-0.25, -0.2) is 13.2 Å². The molecule has 0 aliphatic heterocycles. The molecule has 2 aromatic rings. The fourth-order valence-electron chi connectivity index (χ4n) is 1.90. The van der Waals surface area contributed by atoms with E-state index in [1.807, 2.05) is 10.3 Å². The molecule has 10 nitrogen and oxygen atoms in total. The van der Waals surface area contributed by atoms with E-state index in [2.05, 4.69) is 4.98 Å². The number of rotatable bonds is 8. The molecule has 29 heavy (non-hydrogen) atoms. The highest BCUT2D eigenvalue weighted by atomic mass is 35.5. The number of carboxylic acid groups (broad SMARTS) is 1. The summed E-state index contributed by atoms with van der Waals surface area (Å²) < 4.78 is 34.4. The van der Waals surface area contributed by atoms with Crippen molar-refractivity contribution in [3.05, 3.63) is 45.0 Å². The van der Waals surface area contributed by atoms with Crippen LogP contribution in [0.3, 0.4) is 0 Å². The van der Waals surface area contributed by atoms with Gasteiger partial charge in [-0.15, -0.1) is 4.83 Å². The Kier molecular flexibility index (Phi) is 7.49. The van der Waals surface area contributed by atoms with E-state index in [0.717, 1.165) is 12.1 Å². The maximum atomic E-state index is 12.3. The monoisotopic (exact) mass is 483 g/mol. The van der Waals surface area contributed by atoms with E-state index in [1.165, 1.54) is 19.2 Å². The molecule has 14 heteroatoms. The van der Waals surface area contributed by atoms with Gasteiger partial charge in [-0.05, 0) is 24.3 Å². The molecule has 0 bridgehead atoms. The summed E-state index contributed by atoms with van der Waals surface area (Å²) >= 11 is 17.3. The van der Waals surface area contributed by atoms with Gasteiger partial charge in [0.2, 0.25) is 5.88 Å². The van der Waals surface area contributed by atoms with Crippen LogP contribution in [0.1, 0.15) is 10.4 Å². The minimum atomic E-state index is -4.28. The van der Waals surface area contributed by atoms with Crippen LogP contribution >= 0.6 is 34.8 Å². The van der Waals surface area contributed by atoms with E-state index in [0.29, 0.717) is 0 Å². The maximum Gasteiger partial charge on any atom is 0.339 e. The molecule has 2 rings (SSSR count). The lowest BCUT2D eigenvalue weighted by Gasteiger charge is -2.11. The van der Waals surface area contributed by atoms with Crippen molar-refractivity contribution in [1.29, 1.82) is 0 Å². The second-order valence-electron chi connectivity index (χ2n) is 5.16. The minimum absolute atomic E-state index is 0.00721. The van der Waals surface area contributed by atoms with Crippen molar-refractivity contribution in [3.8, 4) is 11.6 Å². The summed E-state index contributed by atoms with van der Waals surface area (Å²) in [6, 6.07) is 4.42. The number of hydrogen-bond donors (Lipinski definition) is 3. The molecular weight excluding hydrogens is 473 g/mol. The second kappa shape index (κ2) is 9.46. The number of halogens is 3. The Morgan fingerprint density at radius 1 is 1.17 bits per heavy atom. The molecule has 156 valence electrons. The molecule has 0 saturated carbocycles. The summed E-state index contributed by atoms with van der Waals surface area (Å²) in [7, 11) is -3.04. The molecule has 0 aliphatic rings. The van der Waals surface area contributed by atoms with E-state index in [4.69, 9.17) is 49.4 Å². The van der Waals surface area contributed by atoms with E-state index >= 15 is 0 Å². The number of nitrogens with zero attached hydrogens (tertiary/aromatic N) is 1. The first-order valence-corrected chi connectivity index (χ1v) is 10.0. The van der Waals surface area contributed by atoms with Crippen molar-refractivity contribution in [2.75, 3.05) is 13.7 Å². The molecule has 0 radical (unpaired) electrons. The predicted octanol–water partition coefficient (Wildman–Crippen LogP) is 2.14. The maximum absolute atomic E-state index is 12.3. The van der Waals surface area contributed by atoms with E-state index < -0.39 is 33.4 Å². The number of aromatic nitrogens is 1. The van der Waals surface area contributed by atoms with Crippen LogP contribution in [-0.2, 0) is 14.8 Å². The van der Waals surface area contributed by atoms with Crippen molar-refractivity contribution in [2.45, 2.75) is 4.90 Å². The van der Waals surface area contributed by atoms with Gasteiger partial charge in [0.05, 0.1) is 17.0 Å². The third-order valence-corrected chi connectivity index (χ3v) is 5.42. The Morgan fingerprint density at radius 2 is 1.86 bits per heavy atom. The van der Waals surface area contributed by atoms with Crippen molar-refractivity contribution in [2.24, 2.45) is 0 Å². The number of ether oxygens (including phenoxy) is 2. The van der Waals surface area contributed by atoms with E-state index in [1.54, 1.807) is 0 Å². The van der Waals surface area contributed by atoms with Gasteiger partial charge in [0, 0.05) is 0 Å². The first kappa shape index (κ1) is 23.0. The lowest BCUT2D eigenvalue weighted by Crippen LogP contribution is -2.43. The van der Waals surface area contributed by atoms with Gasteiger partial charge in [-0.2, -0.15) is 4.98 Å². The number of aromatic carboxylic acids is 1. The van der Waals surface area contributed by atoms with Crippen molar-refractivity contribution >= 4 is 56.7 Å². The summed E-state index contributed by atoms with van der Waals surface area (Å²) in [5.74, 6) is -2.49. The zero-order valence-electron chi connectivity index (χ0n) is 14.4. The summed E-state index contributed by atoms with van der Waals surface area (Å²) in [4.78, 5) is 28.2. The third kappa shape index (κ3) is 5.84. The van der Waals surface area contributed by atoms with Crippen LogP contribution in [0.25, 0.3) is 0 Å². The lowest BCUT2D eigenvalue weighted by molar-refractivity contribution is -0.123. The van der Waals surface area contributed by atoms with Crippen LogP contribution in [0.4, 0.5) is 0 Å². The summed E-state index contributed by atoms with van der Waals surface area (Å²) in [6.07, 6.45) is 0. The molecule has 3 N–H and O–H groups in total. The number of sulfonamides is 1. The number of carbonyl (C=O) groups excluding carboxylic acids is 1. The Balaban J connectivity index is 2.03. The van der Waals surface area contributed by atoms with Crippen LogP contribution in [0.15, 0.2) is 29.2 Å². The number of benzene rings is 1. The van der Waals surface area contributed by atoms with Crippen LogP contribution in [0.5, 0.6) is 11.6 Å². The molecule has 0 atom stereocenters. The summed E-state index contributed by atoms with van der Waals surface area (Å²) in [6.45, 7) is -0.657. The van der Waals surface area contributed by atoms with E-state index in [9.17, 15) is 18.0 Å². The number of carboxylic acids is 1. The van der Waals surface area contributed by atoms with Crippen molar-refractivity contribution in [1.82, 2.24) is 15.2 Å². The topological polar surface area (TPSA) is 144 Å². The fourth-order valence-corrected chi connectivity index (χ4v) is 3.33. The van der Waals surface area contributed by atoms with E-state index in [-0.39, 0.29) is 32.4 Å². The molecule has 0 aliphatic carbocycles. The quantitative estimate of drug-likeness (QED) is 0.382. The van der Waals surface area contributed by atoms with Crippen LogP contribution in [0.2, 0.25) is 15.2 Å². The number of hydrogen-bond acceptors (Lipinski definition) is 7. The predicted molar refractivity (Wildman–Crippen MR) is 103 cm³/mol. The van der Waals surface area contributed by atoms with Crippen molar-refractivity contribution < 1.29 is 32.6 Å². The van der Waals surface area contributed by atoms with Gasteiger partial charge >= 0.3 is 5.97 Å². The second-order valence-corrected chi connectivity index (χ2v) is 8.01. The van der Waals surface area contributed by atoms with Gasteiger partial charge < -0.3 is 14.6 Å². The molecule has 1 aromatic heterocycles. The molecule has 0 spiro atoms. The standard InChI is InChI=1S/C15H12Cl3N3O7S/c1-27-11-3-2-7(4-8(11)15(23)24)29(25,26)21-20-12(22)6-28-14-10(17)5-9(16)13(18)19-14/h2-5,21H,6H2,1H3,(H,20,22)(H,23,24). The number of methoxy groups -OCH3 is 1. The first-order valence-electron chi connectivity index (χ1n) is 7.41. The zero-order chi connectivity index (χ0) is 21.8. The largest absolute Gasteiger partial charge is 0.496 e. The van der Waals surface area contributed by atoms with Gasteiger partial charge in [0.1, 0.15) is 16.3 Å². The smallest absolute Gasteiger partial charge is 0.339 e. The highest BCUT2D eigenvalue weighted by Crippen LogP contribution is 2.30. The Labute approximate surface area is 179 Å². The Hall–Kier alpha value is -2.31. The number of carbonyl (C=O) groups is 2. The lowest BCUT2D eigenvalue weighted by atomic mass is 10.2. The molecule has 0 fully saturated rings. The third-order valence-electron chi connectivity index (χ3n) is 3.23. The molecule has 1 heterocycles. The Morgan fingerprint density at radius 3 is 2.48 bits per heavy atom. The molecule has 1 amide bonds. The average molecular weight is 485 g/mol. The summed E-state index contributed by atoms with van der Waals surface area (Å²) in [5, 5.41) is 9.11. The van der Waals surface area contributed by atoms with Crippen LogP contribution < -0.4 is 19.7 Å². The van der Waals surface area contributed by atoms with Crippen LogP contribution in [-0.4, -0.2) is 44.1 Å². The molecular formula is C15H12Cl3N3O7S. The first-order chi connectivity index (χ1) is 13.5. The zero-order valence-corrected chi connectivity index (χ0v) is 17.5. The SMILES string of the molecule is COc1ccc(S(=O)(=O)NNC(=O)COc2nc(Cl)c(Cl)cc2Cl)cc1C(=O)O. The molecule has 0 unspecified atom stereocenters. The summed E-state index contributed by atoms with van der Waals surface area (Å²) in [5.41, 5.74) is 1.53. The molecule has 0 saturated heterocycles. The van der Waals surface area contributed by atoms with Crippen LogP contribution in [0, 0.1) is 0 Å². The van der Waals surface area contributed by atoms with Gasteiger partial charge in [-0.3, -0.25) is 10.2 Å². The minimum Gasteiger partial charge on any atom is -0.496 e. The van der Waals surface area contributed by atoms with Gasteiger partial charge in [-0.1, -0.05) is 34.8 Å². The van der Waals surface area contributed by atoms with Gasteiger partial charge in [0.25, 0.3) is 15.9 Å².